The predicted molar refractivity (Wildman–Crippen MR) is 81.9 cm³/mol. The molecule has 0 aliphatic carbocycles. The van der Waals surface area contributed by atoms with Crippen molar-refractivity contribution >= 4 is 5.82 Å². The summed E-state index contributed by atoms with van der Waals surface area (Å²) in [6.07, 6.45) is -4.12. The van der Waals surface area contributed by atoms with Gasteiger partial charge in [0, 0.05) is 18.1 Å². The first kappa shape index (κ1) is 17.2. The van der Waals surface area contributed by atoms with E-state index in [-0.39, 0.29) is 28.6 Å². The van der Waals surface area contributed by atoms with E-state index in [0.29, 0.717) is 31.3 Å². The zero-order valence-corrected chi connectivity index (χ0v) is 12.9. The molecule has 0 saturated carbocycles. The van der Waals surface area contributed by atoms with Gasteiger partial charge in [-0.05, 0) is 36.2 Å². The minimum Gasteiger partial charge on any atom is -0.383 e. The minimum absolute atomic E-state index is 0.0503. The molecule has 2 N–H and O–H groups in total. The fourth-order valence-corrected chi connectivity index (χ4v) is 2.92. The average Bonchev–Trinajstić information content (AvgIpc) is 3.07. The lowest BCUT2D eigenvalue weighted by atomic mass is 9.92. The van der Waals surface area contributed by atoms with Crippen molar-refractivity contribution < 1.29 is 22.3 Å². The number of anilines is 1. The van der Waals surface area contributed by atoms with Crippen LogP contribution >= 0.6 is 0 Å². The largest absolute Gasteiger partial charge is 0.417 e. The van der Waals surface area contributed by atoms with Crippen LogP contribution in [0.5, 0.6) is 0 Å². The molecule has 1 atom stereocenters. The van der Waals surface area contributed by atoms with Crippen LogP contribution in [-0.2, 0) is 10.9 Å². The van der Waals surface area contributed by atoms with Crippen molar-refractivity contribution in [3.8, 4) is 17.3 Å². The highest BCUT2D eigenvalue weighted by Crippen LogP contribution is 2.39. The maximum absolute atomic E-state index is 13.3. The molecule has 25 heavy (non-hydrogen) atoms. The predicted octanol–water partition coefficient (Wildman–Crippen LogP) is 3.86. The van der Waals surface area contributed by atoms with Crippen molar-refractivity contribution in [3.63, 3.8) is 0 Å². The molecule has 3 rings (SSSR count). The van der Waals surface area contributed by atoms with Gasteiger partial charge in [-0.2, -0.15) is 18.4 Å². The van der Waals surface area contributed by atoms with Gasteiger partial charge in [-0.1, -0.05) is 0 Å². The van der Waals surface area contributed by atoms with Crippen molar-refractivity contribution in [2.24, 2.45) is 0 Å². The molecule has 1 aliphatic rings. The van der Waals surface area contributed by atoms with E-state index in [9.17, 15) is 22.8 Å². The van der Waals surface area contributed by atoms with Gasteiger partial charge in [-0.3, -0.25) is 0 Å². The van der Waals surface area contributed by atoms with E-state index in [1.54, 1.807) is 0 Å². The molecule has 2 heterocycles. The number of nitrogen functional groups attached to an aromatic ring is 1. The quantitative estimate of drug-likeness (QED) is 0.834. The average molecular weight is 351 g/mol. The van der Waals surface area contributed by atoms with Crippen LogP contribution < -0.4 is 5.73 Å². The Morgan fingerprint density at radius 3 is 2.64 bits per heavy atom. The number of hydrogen-bond donors (Lipinski definition) is 1. The Morgan fingerprint density at radius 1 is 1.28 bits per heavy atom. The summed E-state index contributed by atoms with van der Waals surface area (Å²) in [6, 6.07) is 5.73. The molecular formula is C17H13F4N3O. The Bertz CT molecular complexity index is 852. The van der Waals surface area contributed by atoms with Gasteiger partial charge in [0.25, 0.3) is 0 Å². The minimum atomic E-state index is -4.75. The first-order chi connectivity index (χ1) is 11.8. The summed E-state index contributed by atoms with van der Waals surface area (Å²) in [5.74, 6) is -1.30. The SMILES string of the molecule is N#Cc1c(C2CCOC2)cc(-c2ccc(F)cc2C(F)(F)F)nc1N. The Hall–Kier alpha value is -2.66. The number of rotatable bonds is 2. The van der Waals surface area contributed by atoms with Crippen LogP contribution in [0.4, 0.5) is 23.4 Å². The molecule has 1 aromatic heterocycles. The normalized spacial score (nSPS) is 17.5. The molecule has 1 aliphatic heterocycles. The smallest absolute Gasteiger partial charge is 0.383 e. The Kier molecular flexibility index (Phi) is 4.35. The first-order valence-electron chi connectivity index (χ1n) is 7.46. The molecule has 1 aromatic carbocycles. The van der Waals surface area contributed by atoms with Gasteiger partial charge in [0.05, 0.1) is 23.4 Å². The van der Waals surface area contributed by atoms with Crippen molar-refractivity contribution in [3.05, 3.63) is 46.8 Å². The van der Waals surface area contributed by atoms with E-state index in [4.69, 9.17) is 10.5 Å². The number of hydrogen-bond acceptors (Lipinski definition) is 4. The molecule has 1 saturated heterocycles. The number of aromatic nitrogens is 1. The molecule has 0 amide bonds. The van der Waals surface area contributed by atoms with Crippen molar-refractivity contribution in [2.45, 2.75) is 18.5 Å². The van der Waals surface area contributed by atoms with E-state index >= 15 is 0 Å². The summed E-state index contributed by atoms with van der Waals surface area (Å²) in [7, 11) is 0. The molecule has 8 heteroatoms. The highest BCUT2D eigenvalue weighted by atomic mass is 19.4. The second-order valence-corrected chi connectivity index (χ2v) is 5.72. The summed E-state index contributed by atoms with van der Waals surface area (Å²) in [5.41, 5.74) is 4.95. The molecule has 130 valence electrons. The number of nitrogens with zero attached hydrogens (tertiary/aromatic N) is 2. The van der Waals surface area contributed by atoms with Gasteiger partial charge in [0.2, 0.25) is 0 Å². The lowest BCUT2D eigenvalue weighted by Crippen LogP contribution is -2.11. The Labute approximate surface area is 140 Å². The number of alkyl halides is 3. The summed E-state index contributed by atoms with van der Waals surface area (Å²) >= 11 is 0. The van der Waals surface area contributed by atoms with Crippen molar-refractivity contribution in [2.75, 3.05) is 18.9 Å². The molecule has 0 spiro atoms. The first-order valence-corrected chi connectivity index (χ1v) is 7.46. The van der Waals surface area contributed by atoms with E-state index in [0.717, 1.165) is 12.1 Å². The lowest BCUT2D eigenvalue weighted by molar-refractivity contribution is -0.137. The van der Waals surface area contributed by atoms with Crippen molar-refractivity contribution in [1.29, 1.82) is 5.26 Å². The molecule has 4 nitrogen and oxygen atoms in total. The van der Waals surface area contributed by atoms with Gasteiger partial charge in [-0.25, -0.2) is 9.37 Å². The summed E-state index contributed by atoms with van der Waals surface area (Å²) in [4.78, 5) is 3.94. The third-order valence-electron chi connectivity index (χ3n) is 4.12. The van der Waals surface area contributed by atoms with Gasteiger partial charge >= 0.3 is 6.18 Å². The zero-order valence-electron chi connectivity index (χ0n) is 12.9. The van der Waals surface area contributed by atoms with Crippen LogP contribution in [0.15, 0.2) is 24.3 Å². The van der Waals surface area contributed by atoms with E-state index < -0.39 is 17.6 Å². The topological polar surface area (TPSA) is 71.9 Å². The number of nitrogens with two attached hydrogens (primary N) is 1. The van der Waals surface area contributed by atoms with Crippen LogP contribution in [0.1, 0.15) is 29.0 Å². The number of benzene rings is 1. The Balaban J connectivity index is 2.21. The highest BCUT2D eigenvalue weighted by molar-refractivity contribution is 5.70. The standard InChI is InChI=1S/C17H13F4N3O/c18-10-1-2-11(14(5-10)17(19,20)21)15-6-12(9-3-4-25-8-9)13(7-22)16(23)24-15/h1-2,5-6,9H,3-4,8H2,(H2,23,24). The second kappa shape index (κ2) is 6.33. The molecule has 1 fully saturated rings. The van der Waals surface area contributed by atoms with Crippen LogP contribution in [-0.4, -0.2) is 18.2 Å². The summed E-state index contributed by atoms with van der Waals surface area (Å²) in [5, 5.41) is 9.30. The summed E-state index contributed by atoms with van der Waals surface area (Å²) < 4.78 is 58.4. The number of halogens is 4. The zero-order chi connectivity index (χ0) is 18.2. The van der Waals surface area contributed by atoms with Crippen LogP contribution in [0, 0.1) is 17.1 Å². The third kappa shape index (κ3) is 3.28. The van der Waals surface area contributed by atoms with Gasteiger partial charge in [0.1, 0.15) is 17.7 Å². The van der Waals surface area contributed by atoms with E-state index in [2.05, 4.69) is 4.98 Å². The maximum atomic E-state index is 13.3. The highest BCUT2D eigenvalue weighted by Gasteiger charge is 2.35. The third-order valence-corrected chi connectivity index (χ3v) is 4.12. The van der Waals surface area contributed by atoms with E-state index in [1.807, 2.05) is 6.07 Å². The fraction of sp³-hybridized carbons (Fsp3) is 0.294. The van der Waals surface area contributed by atoms with Crippen LogP contribution in [0.3, 0.4) is 0 Å². The molecule has 0 bridgehead atoms. The second-order valence-electron chi connectivity index (χ2n) is 5.72. The van der Waals surface area contributed by atoms with Crippen molar-refractivity contribution in [1.82, 2.24) is 4.98 Å². The molecular weight excluding hydrogens is 338 g/mol. The van der Waals surface area contributed by atoms with Gasteiger partial charge in [0.15, 0.2) is 0 Å². The van der Waals surface area contributed by atoms with Gasteiger partial charge < -0.3 is 10.5 Å². The Morgan fingerprint density at radius 2 is 2.04 bits per heavy atom. The number of ether oxygens (including phenoxy) is 1. The molecule has 0 radical (unpaired) electrons. The lowest BCUT2D eigenvalue weighted by Gasteiger charge is -2.17. The molecule has 2 aromatic rings. The molecule has 1 unspecified atom stereocenters. The van der Waals surface area contributed by atoms with Crippen LogP contribution in [0.2, 0.25) is 0 Å². The van der Waals surface area contributed by atoms with E-state index in [1.165, 1.54) is 6.07 Å². The summed E-state index contributed by atoms with van der Waals surface area (Å²) in [6.45, 7) is 0.852. The monoisotopic (exact) mass is 351 g/mol. The number of nitriles is 1. The van der Waals surface area contributed by atoms with Gasteiger partial charge in [-0.15, -0.1) is 0 Å². The maximum Gasteiger partial charge on any atom is 0.417 e. The number of pyridine rings is 1. The van der Waals surface area contributed by atoms with Crippen LogP contribution in [0.25, 0.3) is 11.3 Å². The fourth-order valence-electron chi connectivity index (χ4n) is 2.92.